The largest absolute Gasteiger partial charge is 0.493 e. The van der Waals surface area contributed by atoms with Crippen LogP contribution >= 0.6 is 0 Å². The summed E-state index contributed by atoms with van der Waals surface area (Å²) in [6.07, 6.45) is 2.79. The van der Waals surface area contributed by atoms with Crippen molar-refractivity contribution < 1.29 is 28.2 Å². The Labute approximate surface area is 117 Å². The molecule has 1 rings (SSSR count). The van der Waals surface area contributed by atoms with E-state index in [0.717, 1.165) is 0 Å². The van der Waals surface area contributed by atoms with Gasteiger partial charge in [0.25, 0.3) is 0 Å². The van der Waals surface area contributed by atoms with Crippen LogP contribution in [0.5, 0.6) is 0 Å². The molecule has 1 aromatic rings. The standard InChI is InChI=1S/C14H18O6/c1-4-18-13(15)10(14(16)19-5-2)9-12(17-3)11-7-6-8-20-11/h6-10H,4-5H2,1-3H3/b12-9+. The van der Waals surface area contributed by atoms with Crippen molar-refractivity contribution in [3.63, 3.8) is 0 Å². The number of methoxy groups -OCH3 is 1. The molecule has 0 aromatic carbocycles. The fourth-order valence-electron chi connectivity index (χ4n) is 1.52. The molecule has 110 valence electrons. The lowest BCUT2D eigenvalue weighted by Crippen LogP contribution is -2.26. The maximum atomic E-state index is 11.8. The van der Waals surface area contributed by atoms with E-state index in [1.54, 1.807) is 26.0 Å². The number of carbonyl (C=O) groups excluding carboxylic acids is 2. The topological polar surface area (TPSA) is 75.0 Å². The average Bonchev–Trinajstić information content (AvgIpc) is 2.94. The van der Waals surface area contributed by atoms with Crippen LogP contribution in [-0.2, 0) is 23.8 Å². The molecule has 0 N–H and O–H groups in total. The minimum Gasteiger partial charge on any atom is -0.493 e. The first-order valence-electron chi connectivity index (χ1n) is 6.26. The molecule has 0 aliphatic carbocycles. The van der Waals surface area contributed by atoms with Gasteiger partial charge in [0.05, 0.1) is 26.6 Å². The molecule has 20 heavy (non-hydrogen) atoms. The van der Waals surface area contributed by atoms with Crippen molar-refractivity contribution in [1.29, 1.82) is 0 Å². The number of furan rings is 1. The van der Waals surface area contributed by atoms with E-state index >= 15 is 0 Å². The van der Waals surface area contributed by atoms with Crippen LogP contribution in [0, 0.1) is 5.92 Å². The minimum atomic E-state index is -1.19. The zero-order valence-corrected chi connectivity index (χ0v) is 11.8. The molecular weight excluding hydrogens is 264 g/mol. The molecule has 1 heterocycles. The van der Waals surface area contributed by atoms with Gasteiger partial charge in [0, 0.05) is 0 Å². The zero-order chi connectivity index (χ0) is 15.0. The number of esters is 2. The molecule has 0 bridgehead atoms. The molecule has 0 amide bonds. The van der Waals surface area contributed by atoms with E-state index in [2.05, 4.69) is 0 Å². The summed E-state index contributed by atoms with van der Waals surface area (Å²) >= 11 is 0. The highest BCUT2D eigenvalue weighted by Gasteiger charge is 2.29. The van der Waals surface area contributed by atoms with Crippen molar-refractivity contribution in [2.24, 2.45) is 5.92 Å². The number of carbonyl (C=O) groups is 2. The molecule has 0 saturated heterocycles. The molecule has 0 saturated carbocycles. The Kier molecular flexibility index (Phi) is 6.36. The molecule has 0 fully saturated rings. The Balaban J connectivity index is 3.02. The van der Waals surface area contributed by atoms with Crippen molar-refractivity contribution in [3.8, 4) is 0 Å². The predicted molar refractivity (Wildman–Crippen MR) is 70.5 cm³/mol. The van der Waals surface area contributed by atoms with E-state index in [9.17, 15) is 9.59 Å². The van der Waals surface area contributed by atoms with Gasteiger partial charge in [0.2, 0.25) is 0 Å². The molecule has 6 heteroatoms. The lowest BCUT2D eigenvalue weighted by molar-refractivity contribution is -0.158. The van der Waals surface area contributed by atoms with Gasteiger partial charge in [-0.3, -0.25) is 9.59 Å². The molecule has 1 aromatic heterocycles. The van der Waals surface area contributed by atoms with Crippen LogP contribution < -0.4 is 0 Å². The zero-order valence-electron chi connectivity index (χ0n) is 11.8. The van der Waals surface area contributed by atoms with Gasteiger partial charge in [-0.15, -0.1) is 0 Å². The van der Waals surface area contributed by atoms with Crippen molar-refractivity contribution in [2.75, 3.05) is 20.3 Å². The molecule has 0 aliphatic rings. The van der Waals surface area contributed by atoms with Gasteiger partial charge in [-0.25, -0.2) is 0 Å². The van der Waals surface area contributed by atoms with Crippen LogP contribution in [0.15, 0.2) is 28.9 Å². The van der Waals surface area contributed by atoms with Crippen LogP contribution in [0.1, 0.15) is 19.6 Å². The maximum absolute atomic E-state index is 11.8. The van der Waals surface area contributed by atoms with Crippen molar-refractivity contribution in [1.82, 2.24) is 0 Å². The fourth-order valence-corrected chi connectivity index (χ4v) is 1.52. The summed E-state index contributed by atoms with van der Waals surface area (Å²) in [4.78, 5) is 23.7. The Morgan fingerprint density at radius 2 is 1.85 bits per heavy atom. The molecule has 0 atom stereocenters. The Morgan fingerprint density at radius 1 is 1.25 bits per heavy atom. The summed E-state index contributed by atoms with van der Waals surface area (Å²) in [7, 11) is 1.42. The number of ether oxygens (including phenoxy) is 3. The molecular formula is C14H18O6. The highest BCUT2D eigenvalue weighted by atomic mass is 16.6. The van der Waals surface area contributed by atoms with Crippen molar-refractivity contribution in [3.05, 3.63) is 30.2 Å². The van der Waals surface area contributed by atoms with E-state index in [0.29, 0.717) is 5.76 Å². The quantitative estimate of drug-likeness (QED) is 0.432. The Morgan fingerprint density at radius 3 is 2.25 bits per heavy atom. The van der Waals surface area contributed by atoms with Crippen molar-refractivity contribution >= 4 is 17.7 Å². The second-order valence-corrected chi connectivity index (χ2v) is 3.69. The summed E-state index contributed by atoms with van der Waals surface area (Å²) < 4.78 is 20.0. The maximum Gasteiger partial charge on any atom is 0.324 e. The molecule has 6 nitrogen and oxygen atoms in total. The molecule has 0 aliphatic heterocycles. The van der Waals surface area contributed by atoms with Crippen LogP contribution in [-0.4, -0.2) is 32.3 Å². The minimum absolute atomic E-state index is 0.172. The van der Waals surface area contributed by atoms with Gasteiger partial charge in [-0.1, -0.05) is 0 Å². The summed E-state index contributed by atoms with van der Waals surface area (Å²) in [6, 6.07) is 3.33. The smallest absolute Gasteiger partial charge is 0.324 e. The van der Waals surface area contributed by atoms with Crippen LogP contribution in [0.4, 0.5) is 0 Å². The van der Waals surface area contributed by atoms with E-state index in [-0.39, 0.29) is 19.0 Å². The molecule has 0 radical (unpaired) electrons. The lowest BCUT2D eigenvalue weighted by Gasteiger charge is -2.12. The van der Waals surface area contributed by atoms with Gasteiger partial charge in [0.15, 0.2) is 17.4 Å². The van der Waals surface area contributed by atoms with E-state index in [4.69, 9.17) is 18.6 Å². The predicted octanol–water partition coefficient (Wildman–Crippen LogP) is 2.01. The van der Waals surface area contributed by atoms with Crippen molar-refractivity contribution in [2.45, 2.75) is 13.8 Å². The van der Waals surface area contributed by atoms with Gasteiger partial charge >= 0.3 is 11.9 Å². The fraction of sp³-hybridized carbons (Fsp3) is 0.429. The van der Waals surface area contributed by atoms with Crippen LogP contribution in [0.2, 0.25) is 0 Å². The third kappa shape index (κ3) is 4.15. The van der Waals surface area contributed by atoms with E-state index in [1.807, 2.05) is 0 Å². The first-order valence-corrected chi connectivity index (χ1v) is 6.26. The van der Waals surface area contributed by atoms with Gasteiger partial charge in [0.1, 0.15) is 0 Å². The summed E-state index contributed by atoms with van der Waals surface area (Å²) in [5.41, 5.74) is 0. The Bertz CT molecular complexity index is 442. The van der Waals surface area contributed by atoms with Crippen LogP contribution in [0.3, 0.4) is 0 Å². The van der Waals surface area contributed by atoms with Crippen LogP contribution in [0.25, 0.3) is 5.76 Å². The second kappa shape index (κ2) is 8.04. The summed E-state index contributed by atoms with van der Waals surface area (Å²) in [5, 5.41) is 0. The van der Waals surface area contributed by atoms with Gasteiger partial charge in [-0.05, 0) is 32.1 Å². The lowest BCUT2D eigenvalue weighted by atomic mass is 10.1. The van der Waals surface area contributed by atoms with Gasteiger partial charge < -0.3 is 18.6 Å². The van der Waals surface area contributed by atoms with E-state index in [1.165, 1.54) is 19.4 Å². The Hall–Kier alpha value is -2.24. The number of hydrogen-bond acceptors (Lipinski definition) is 6. The summed E-state index contributed by atoms with van der Waals surface area (Å²) in [5.74, 6) is -1.89. The number of hydrogen-bond donors (Lipinski definition) is 0. The molecule has 0 spiro atoms. The highest BCUT2D eigenvalue weighted by Crippen LogP contribution is 2.19. The first-order chi connectivity index (χ1) is 9.63. The van der Waals surface area contributed by atoms with E-state index < -0.39 is 17.9 Å². The normalized spacial score (nSPS) is 11.3. The highest BCUT2D eigenvalue weighted by molar-refractivity contribution is 5.98. The second-order valence-electron chi connectivity index (χ2n) is 3.69. The summed E-state index contributed by atoms with van der Waals surface area (Å²) in [6.45, 7) is 3.67. The van der Waals surface area contributed by atoms with Gasteiger partial charge in [-0.2, -0.15) is 0 Å². The molecule has 0 unspecified atom stereocenters. The SMILES string of the molecule is CCOC(=O)C(/C=C(/OC)c1ccco1)C(=O)OCC. The number of rotatable bonds is 7. The average molecular weight is 282 g/mol. The first kappa shape index (κ1) is 15.8. The third-order valence-electron chi connectivity index (χ3n) is 2.38. The monoisotopic (exact) mass is 282 g/mol. The third-order valence-corrected chi connectivity index (χ3v) is 2.38.